The van der Waals surface area contributed by atoms with Crippen LogP contribution in [0.3, 0.4) is 0 Å². The minimum absolute atomic E-state index is 0.0235. The summed E-state index contributed by atoms with van der Waals surface area (Å²) in [6.45, 7) is 14.2. The molecule has 2 aliphatic heterocycles. The van der Waals surface area contributed by atoms with Crippen molar-refractivity contribution >= 4 is 11.8 Å². The molecule has 3 N–H and O–H groups in total. The van der Waals surface area contributed by atoms with Gasteiger partial charge in [-0.05, 0) is 47.5 Å². The lowest BCUT2D eigenvalue weighted by molar-refractivity contribution is -0.254. The number of Topliss-reactive ketones (excluding diaryl/α,β-unsaturated/α-hetero) is 1. The molecular weight excluding hydrogens is 472 g/mol. The second-order valence-corrected chi connectivity index (χ2v) is 14.8. The summed E-state index contributed by atoms with van der Waals surface area (Å²) >= 11 is 0. The summed E-state index contributed by atoms with van der Waals surface area (Å²) in [5, 5.41) is 34.6. The third-order valence-corrected chi connectivity index (χ3v) is 12.8. The number of hydrogen-bond donors (Lipinski definition) is 3. The molecule has 7 heteroatoms. The molecule has 11 atom stereocenters. The molecule has 0 aromatic heterocycles. The van der Waals surface area contributed by atoms with Gasteiger partial charge < -0.3 is 24.8 Å². The van der Waals surface area contributed by atoms with Crippen molar-refractivity contribution in [3.63, 3.8) is 0 Å². The van der Waals surface area contributed by atoms with Crippen LogP contribution in [0.2, 0.25) is 0 Å². The molecule has 206 valence electrons. The summed E-state index contributed by atoms with van der Waals surface area (Å²) in [6.07, 6.45) is 1.10. The Kier molecular flexibility index (Phi) is 5.10. The SMILES string of the molecule is C[C@@H]1C[C@]2(C[C@H](C)C(=O)O2)O[C@@]12C[C@H](O)[C@@]1(C)C3=C(C(=O)C[C@]21C)[C@@]1(C)CC[C@H](O)C(C)(C)[C@@H]1C[C@@H]3O. The Hall–Kier alpha value is -1.28. The number of hydrogen-bond acceptors (Lipinski definition) is 7. The van der Waals surface area contributed by atoms with E-state index in [4.69, 9.17) is 9.47 Å². The molecule has 0 aromatic rings. The number of carbonyl (C=O) groups excluding carboxylic acids is 2. The Balaban J connectivity index is 1.51. The number of ketones is 1. The Bertz CT molecular complexity index is 1110. The summed E-state index contributed by atoms with van der Waals surface area (Å²) in [5.41, 5.74) is -2.07. The second-order valence-electron chi connectivity index (χ2n) is 14.8. The van der Waals surface area contributed by atoms with Crippen molar-refractivity contribution in [2.24, 2.45) is 39.4 Å². The standard InChI is InChI=1S/C30H44O7/c1-15-11-29(36-24(15)35)12-16(2)30(37-29)14-21(34)28(7)23-17(31)10-19-25(3,4)20(33)8-9-26(19,5)22(23)18(32)13-27(28,30)6/h15-17,19-21,31,33-34H,8-14H2,1-7H3/t15-,16+,17-,19-,20-,21-,26-,27-,28-,29-,30-/m0/s1. The first-order chi connectivity index (χ1) is 17.0. The number of rotatable bonds is 0. The molecule has 6 aliphatic rings. The van der Waals surface area contributed by atoms with Crippen molar-refractivity contribution in [2.45, 2.75) is 123 Å². The number of carbonyl (C=O) groups is 2. The number of aliphatic hydroxyl groups is 3. The first-order valence-electron chi connectivity index (χ1n) is 14.2. The predicted molar refractivity (Wildman–Crippen MR) is 135 cm³/mol. The molecule has 6 rings (SSSR count). The van der Waals surface area contributed by atoms with E-state index in [1.54, 1.807) is 0 Å². The van der Waals surface area contributed by atoms with Crippen LogP contribution in [0.1, 0.15) is 93.4 Å². The minimum atomic E-state index is -1.02. The van der Waals surface area contributed by atoms with Crippen LogP contribution in [0.4, 0.5) is 0 Å². The van der Waals surface area contributed by atoms with Crippen LogP contribution in [0.15, 0.2) is 11.1 Å². The zero-order chi connectivity index (χ0) is 27.1. The molecule has 0 aromatic carbocycles. The van der Waals surface area contributed by atoms with Crippen molar-refractivity contribution in [1.29, 1.82) is 0 Å². The Morgan fingerprint density at radius 2 is 1.59 bits per heavy atom. The smallest absolute Gasteiger partial charge is 0.311 e. The van der Waals surface area contributed by atoms with Crippen LogP contribution < -0.4 is 0 Å². The third-order valence-electron chi connectivity index (χ3n) is 12.8. The van der Waals surface area contributed by atoms with Gasteiger partial charge >= 0.3 is 5.97 Å². The van der Waals surface area contributed by atoms with Gasteiger partial charge in [0.2, 0.25) is 5.79 Å². The second kappa shape index (κ2) is 7.26. The lowest BCUT2D eigenvalue weighted by atomic mass is 9.42. The van der Waals surface area contributed by atoms with Gasteiger partial charge in [0.15, 0.2) is 5.78 Å². The first-order valence-corrected chi connectivity index (χ1v) is 14.2. The average Bonchev–Trinajstić information content (AvgIpc) is 3.28. The van der Waals surface area contributed by atoms with Gasteiger partial charge in [0, 0.05) is 42.1 Å². The van der Waals surface area contributed by atoms with Gasteiger partial charge in [-0.2, -0.15) is 0 Å². The van der Waals surface area contributed by atoms with E-state index in [9.17, 15) is 24.9 Å². The Labute approximate surface area is 220 Å². The summed E-state index contributed by atoms with van der Waals surface area (Å²) in [5.74, 6) is -1.61. The van der Waals surface area contributed by atoms with Crippen LogP contribution in [-0.2, 0) is 19.1 Å². The number of fused-ring (bicyclic) bond motifs is 5. The molecule has 0 unspecified atom stereocenters. The number of esters is 1. The third kappa shape index (κ3) is 2.78. The van der Waals surface area contributed by atoms with Crippen molar-refractivity contribution in [3.05, 3.63) is 11.1 Å². The molecule has 4 fully saturated rings. The molecule has 7 nitrogen and oxygen atoms in total. The number of ether oxygens (including phenoxy) is 2. The molecule has 2 spiro atoms. The first kappa shape index (κ1) is 26.0. The molecule has 4 aliphatic carbocycles. The van der Waals surface area contributed by atoms with E-state index in [1.165, 1.54) is 0 Å². The van der Waals surface area contributed by atoms with Crippen molar-refractivity contribution in [3.8, 4) is 0 Å². The maximum absolute atomic E-state index is 14.3. The molecule has 0 amide bonds. The number of aliphatic hydroxyl groups excluding tert-OH is 3. The lowest BCUT2D eigenvalue weighted by Gasteiger charge is -2.63. The van der Waals surface area contributed by atoms with Crippen molar-refractivity contribution in [2.75, 3.05) is 0 Å². The van der Waals surface area contributed by atoms with Gasteiger partial charge in [-0.3, -0.25) is 9.59 Å². The Morgan fingerprint density at radius 1 is 0.919 bits per heavy atom. The fraction of sp³-hybridized carbons (Fsp3) is 0.867. The summed E-state index contributed by atoms with van der Waals surface area (Å²) in [6, 6.07) is 0. The maximum atomic E-state index is 14.3. The highest BCUT2D eigenvalue weighted by molar-refractivity contribution is 6.00. The van der Waals surface area contributed by atoms with E-state index in [-0.39, 0.29) is 35.9 Å². The quantitative estimate of drug-likeness (QED) is 0.421. The van der Waals surface area contributed by atoms with Crippen molar-refractivity contribution < 1.29 is 34.4 Å². The highest BCUT2D eigenvalue weighted by Gasteiger charge is 2.79. The van der Waals surface area contributed by atoms with E-state index in [1.807, 2.05) is 27.7 Å². The lowest BCUT2D eigenvalue weighted by Crippen LogP contribution is -2.63. The average molecular weight is 517 g/mol. The van der Waals surface area contributed by atoms with E-state index in [0.717, 1.165) is 0 Å². The minimum Gasteiger partial charge on any atom is -0.433 e. The predicted octanol–water partition coefficient (Wildman–Crippen LogP) is 3.68. The molecule has 2 saturated carbocycles. The molecular formula is C30H44O7. The van der Waals surface area contributed by atoms with Crippen LogP contribution in [0, 0.1) is 39.4 Å². The molecule has 0 radical (unpaired) electrons. The van der Waals surface area contributed by atoms with Crippen LogP contribution in [0.5, 0.6) is 0 Å². The van der Waals surface area contributed by atoms with Crippen LogP contribution >= 0.6 is 0 Å². The summed E-state index contributed by atoms with van der Waals surface area (Å²) in [4.78, 5) is 26.7. The number of allylic oxidation sites excluding steroid dienone is 1. The van der Waals surface area contributed by atoms with E-state index in [2.05, 4.69) is 20.8 Å². The zero-order valence-electron chi connectivity index (χ0n) is 23.4. The van der Waals surface area contributed by atoms with Gasteiger partial charge in [0.05, 0.1) is 29.8 Å². The zero-order valence-corrected chi connectivity index (χ0v) is 23.4. The highest BCUT2D eigenvalue weighted by atomic mass is 16.7. The monoisotopic (exact) mass is 516 g/mol. The molecule has 2 heterocycles. The van der Waals surface area contributed by atoms with E-state index in [0.29, 0.717) is 49.7 Å². The van der Waals surface area contributed by atoms with Crippen molar-refractivity contribution in [1.82, 2.24) is 0 Å². The molecule has 2 saturated heterocycles. The topological polar surface area (TPSA) is 113 Å². The van der Waals surface area contributed by atoms with Crippen LogP contribution in [0.25, 0.3) is 0 Å². The fourth-order valence-corrected chi connectivity index (χ4v) is 10.6. The molecule has 37 heavy (non-hydrogen) atoms. The van der Waals surface area contributed by atoms with Gasteiger partial charge in [-0.15, -0.1) is 0 Å². The molecule has 0 bridgehead atoms. The Morgan fingerprint density at radius 3 is 2.22 bits per heavy atom. The van der Waals surface area contributed by atoms with Gasteiger partial charge in [0.1, 0.15) is 0 Å². The van der Waals surface area contributed by atoms with Gasteiger partial charge in [-0.1, -0.05) is 48.5 Å². The maximum Gasteiger partial charge on any atom is 0.311 e. The van der Waals surface area contributed by atoms with Gasteiger partial charge in [-0.25, -0.2) is 0 Å². The largest absolute Gasteiger partial charge is 0.433 e. The van der Waals surface area contributed by atoms with E-state index >= 15 is 0 Å². The summed E-state index contributed by atoms with van der Waals surface area (Å²) in [7, 11) is 0. The highest BCUT2D eigenvalue weighted by Crippen LogP contribution is 2.75. The normalized spacial score (nSPS) is 56.5. The fourth-order valence-electron chi connectivity index (χ4n) is 10.6. The summed E-state index contributed by atoms with van der Waals surface area (Å²) < 4.78 is 12.7. The van der Waals surface area contributed by atoms with E-state index < -0.39 is 51.4 Å². The van der Waals surface area contributed by atoms with Gasteiger partial charge in [0.25, 0.3) is 0 Å². The van der Waals surface area contributed by atoms with Crippen LogP contribution in [-0.4, -0.2) is 56.8 Å².